The first-order valence-electron chi connectivity index (χ1n) is 3.69. The van der Waals surface area contributed by atoms with Crippen LogP contribution in [0.15, 0.2) is 46.2 Å². The predicted molar refractivity (Wildman–Crippen MR) is 54.9 cm³/mol. The molecule has 2 N–H and O–H groups in total. The largest absolute Gasteiger partial charge is 0.350 e. The fourth-order valence-corrected chi connectivity index (χ4v) is 1.62. The maximum Gasteiger partial charge on any atom is 0.310 e. The SMILES string of the molecule is O=S(=O)(O)c1ccc[nH]1.c1ccsc1. The highest BCUT2D eigenvalue weighted by Crippen LogP contribution is 2.01. The van der Waals surface area contributed by atoms with E-state index in [1.165, 1.54) is 18.3 Å². The molecule has 0 aliphatic carbocycles. The van der Waals surface area contributed by atoms with E-state index in [4.69, 9.17) is 4.55 Å². The molecule has 14 heavy (non-hydrogen) atoms. The summed E-state index contributed by atoms with van der Waals surface area (Å²) in [5, 5.41) is 3.91. The average molecular weight is 231 g/mol. The molecule has 0 saturated carbocycles. The zero-order valence-corrected chi connectivity index (χ0v) is 8.75. The van der Waals surface area contributed by atoms with Gasteiger partial charge in [0.05, 0.1) is 0 Å². The van der Waals surface area contributed by atoms with E-state index in [0.29, 0.717) is 0 Å². The van der Waals surface area contributed by atoms with Crippen molar-refractivity contribution in [3.63, 3.8) is 0 Å². The molecular formula is C8H9NO3S2. The van der Waals surface area contributed by atoms with Gasteiger partial charge in [0.2, 0.25) is 0 Å². The number of rotatable bonds is 1. The van der Waals surface area contributed by atoms with Gasteiger partial charge in [-0.3, -0.25) is 4.55 Å². The summed E-state index contributed by atoms with van der Waals surface area (Å²) in [4.78, 5) is 2.34. The molecule has 0 bridgehead atoms. The van der Waals surface area contributed by atoms with Crippen molar-refractivity contribution in [2.75, 3.05) is 0 Å². The molecule has 0 spiro atoms. The highest BCUT2D eigenvalue weighted by atomic mass is 32.2. The van der Waals surface area contributed by atoms with Gasteiger partial charge in [0.1, 0.15) is 0 Å². The van der Waals surface area contributed by atoms with Crippen molar-refractivity contribution in [3.05, 3.63) is 41.2 Å². The van der Waals surface area contributed by atoms with Crippen LogP contribution < -0.4 is 0 Å². The van der Waals surface area contributed by atoms with Crippen LogP contribution in [0.25, 0.3) is 0 Å². The predicted octanol–water partition coefficient (Wildman–Crippen LogP) is 2.01. The molecule has 2 heterocycles. The lowest BCUT2D eigenvalue weighted by Crippen LogP contribution is -1.96. The highest BCUT2D eigenvalue weighted by molar-refractivity contribution is 7.85. The maximum absolute atomic E-state index is 10.2. The Morgan fingerprint density at radius 3 is 2.07 bits per heavy atom. The van der Waals surface area contributed by atoms with E-state index >= 15 is 0 Å². The summed E-state index contributed by atoms with van der Waals surface area (Å²) in [5.74, 6) is 0. The molecule has 0 saturated heterocycles. The summed E-state index contributed by atoms with van der Waals surface area (Å²) in [6.45, 7) is 0. The first kappa shape index (κ1) is 11.0. The van der Waals surface area contributed by atoms with E-state index < -0.39 is 10.1 Å². The third-order valence-electron chi connectivity index (χ3n) is 1.27. The summed E-state index contributed by atoms with van der Waals surface area (Å²) in [5.41, 5.74) is 0. The Hall–Kier alpha value is -1.11. The highest BCUT2D eigenvalue weighted by Gasteiger charge is 2.07. The number of nitrogens with one attached hydrogen (secondary N) is 1. The lowest BCUT2D eigenvalue weighted by molar-refractivity contribution is 0.480. The third-order valence-corrected chi connectivity index (χ3v) is 2.71. The van der Waals surface area contributed by atoms with E-state index in [9.17, 15) is 8.42 Å². The van der Waals surface area contributed by atoms with E-state index in [1.54, 1.807) is 11.3 Å². The van der Waals surface area contributed by atoms with E-state index in [1.807, 2.05) is 22.9 Å². The molecule has 4 nitrogen and oxygen atoms in total. The molecule has 0 amide bonds. The average Bonchev–Trinajstić information content (AvgIpc) is 2.80. The number of thiophene rings is 1. The van der Waals surface area contributed by atoms with E-state index in [2.05, 4.69) is 4.98 Å². The van der Waals surface area contributed by atoms with Gasteiger partial charge in [0, 0.05) is 6.20 Å². The van der Waals surface area contributed by atoms with Gasteiger partial charge in [-0.25, -0.2) is 0 Å². The monoisotopic (exact) mass is 231 g/mol. The zero-order valence-electron chi connectivity index (χ0n) is 7.12. The van der Waals surface area contributed by atoms with Gasteiger partial charge in [-0.1, -0.05) is 12.1 Å². The second-order valence-electron chi connectivity index (χ2n) is 2.30. The minimum atomic E-state index is -4.02. The lowest BCUT2D eigenvalue weighted by Gasteiger charge is -1.86. The molecule has 2 aromatic heterocycles. The number of H-pyrrole nitrogens is 1. The molecule has 0 atom stereocenters. The first-order valence-corrected chi connectivity index (χ1v) is 6.07. The Balaban J connectivity index is 0.000000165. The van der Waals surface area contributed by atoms with Crippen LogP contribution in [0.1, 0.15) is 0 Å². The number of aromatic nitrogens is 1. The number of aromatic amines is 1. The topological polar surface area (TPSA) is 70.2 Å². The Morgan fingerprint density at radius 2 is 1.86 bits per heavy atom. The van der Waals surface area contributed by atoms with Crippen LogP contribution in [0.3, 0.4) is 0 Å². The van der Waals surface area contributed by atoms with Gasteiger partial charge in [-0.2, -0.15) is 19.8 Å². The number of hydrogen-bond donors (Lipinski definition) is 2. The quantitative estimate of drug-likeness (QED) is 0.737. The van der Waals surface area contributed by atoms with Crippen LogP contribution >= 0.6 is 11.3 Å². The van der Waals surface area contributed by atoms with Crippen molar-refractivity contribution in [2.24, 2.45) is 0 Å². The van der Waals surface area contributed by atoms with Gasteiger partial charge >= 0.3 is 10.1 Å². The standard InChI is InChI=1S/C4H5NO3S.C4H4S/c6-9(7,8)4-2-1-3-5-4;1-2-4-5-3-1/h1-3,5H,(H,6,7,8);1-4H. The van der Waals surface area contributed by atoms with Gasteiger partial charge in [0.25, 0.3) is 0 Å². The van der Waals surface area contributed by atoms with Crippen molar-refractivity contribution in [1.29, 1.82) is 0 Å². The molecule has 0 aromatic carbocycles. The summed E-state index contributed by atoms with van der Waals surface area (Å²) >= 11 is 1.71. The van der Waals surface area contributed by atoms with Crippen LogP contribution in [-0.4, -0.2) is 18.0 Å². The minimum Gasteiger partial charge on any atom is -0.350 e. The van der Waals surface area contributed by atoms with Gasteiger partial charge in [-0.05, 0) is 22.9 Å². The van der Waals surface area contributed by atoms with Crippen LogP contribution in [0.2, 0.25) is 0 Å². The Bertz CT molecular complexity index is 414. The summed E-state index contributed by atoms with van der Waals surface area (Å²) in [6.07, 6.45) is 1.42. The molecule has 0 aliphatic rings. The fraction of sp³-hybridized carbons (Fsp3) is 0. The van der Waals surface area contributed by atoms with Gasteiger partial charge < -0.3 is 4.98 Å². The molecule has 0 aliphatic heterocycles. The lowest BCUT2D eigenvalue weighted by atomic mass is 10.7. The van der Waals surface area contributed by atoms with Crippen molar-refractivity contribution >= 4 is 21.5 Å². The smallest absolute Gasteiger partial charge is 0.310 e. The second-order valence-corrected chi connectivity index (χ2v) is 4.51. The van der Waals surface area contributed by atoms with Crippen LogP contribution in [-0.2, 0) is 10.1 Å². The van der Waals surface area contributed by atoms with E-state index in [-0.39, 0.29) is 5.03 Å². The minimum absolute atomic E-state index is 0.178. The van der Waals surface area contributed by atoms with Crippen LogP contribution in [0.4, 0.5) is 0 Å². The van der Waals surface area contributed by atoms with Crippen LogP contribution in [0.5, 0.6) is 0 Å². The molecule has 0 unspecified atom stereocenters. The Kier molecular flexibility index (Phi) is 3.87. The van der Waals surface area contributed by atoms with Crippen LogP contribution in [0, 0.1) is 0 Å². The van der Waals surface area contributed by atoms with Crippen molar-refractivity contribution in [3.8, 4) is 0 Å². The molecule has 76 valence electrons. The van der Waals surface area contributed by atoms with Crippen molar-refractivity contribution < 1.29 is 13.0 Å². The summed E-state index contributed by atoms with van der Waals surface area (Å²) in [6, 6.07) is 6.80. The molecule has 2 aromatic rings. The fourth-order valence-electron chi connectivity index (χ4n) is 0.701. The first-order chi connectivity index (χ1) is 6.61. The maximum atomic E-state index is 10.2. The zero-order chi connectivity index (χ0) is 10.4. The second kappa shape index (κ2) is 4.94. The van der Waals surface area contributed by atoms with Gasteiger partial charge in [0.15, 0.2) is 5.03 Å². The third kappa shape index (κ3) is 3.73. The Morgan fingerprint density at radius 1 is 1.21 bits per heavy atom. The van der Waals surface area contributed by atoms with E-state index in [0.717, 1.165) is 0 Å². The van der Waals surface area contributed by atoms with Gasteiger partial charge in [-0.15, -0.1) is 0 Å². The summed E-state index contributed by atoms with van der Waals surface area (Å²) < 4.78 is 28.8. The molecule has 0 fully saturated rings. The molecule has 2 rings (SSSR count). The molecular weight excluding hydrogens is 222 g/mol. The molecule has 6 heteroatoms. The Labute approximate surface area is 86.0 Å². The molecule has 0 radical (unpaired) electrons. The summed E-state index contributed by atoms with van der Waals surface area (Å²) in [7, 11) is -4.02. The normalized spacial score (nSPS) is 10.4. The van der Waals surface area contributed by atoms with Crippen molar-refractivity contribution in [1.82, 2.24) is 4.98 Å². The number of hydrogen-bond acceptors (Lipinski definition) is 3. The van der Waals surface area contributed by atoms with Crippen molar-refractivity contribution in [2.45, 2.75) is 5.03 Å².